The van der Waals surface area contributed by atoms with Gasteiger partial charge in [0.15, 0.2) is 0 Å². The van der Waals surface area contributed by atoms with E-state index in [9.17, 15) is 9.59 Å². The van der Waals surface area contributed by atoms with Gasteiger partial charge in [0.25, 0.3) is 0 Å². The molecule has 0 aromatic rings. The highest BCUT2D eigenvalue weighted by molar-refractivity contribution is 5.82. The Kier molecular flexibility index (Phi) is 4.76. The van der Waals surface area contributed by atoms with E-state index in [-0.39, 0.29) is 30.9 Å². The van der Waals surface area contributed by atoms with Crippen LogP contribution in [0.3, 0.4) is 0 Å². The van der Waals surface area contributed by atoms with E-state index < -0.39 is 12.0 Å². The van der Waals surface area contributed by atoms with E-state index in [0.717, 1.165) is 25.7 Å². The summed E-state index contributed by atoms with van der Waals surface area (Å²) in [4.78, 5) is 24.7. The van der Waals surface area contributed by atoms with Crippen LogP contribution in [-0.2, 0) is 14.3 Å². The van der Waals surface area contributed by atoms with Crippen LogP contribution < -0.4 is 5.73 Å². The zero-order chi connectivity index (χ0) is 13.8. The van der Waals surface area contributed by atoms with Gasteiger partial charge >= 0.3 is 5.97 Å². The molecule has 3 unspecified atom stereocenters. The lowest BCUT2D eigenvalue weighted by Crippen LogP contribution is -2.58. The van der Waals surface area contributed by atoms with Crippen molar-refractivity contribution in [2.75, 3.05) is 13.2 Å². The van der Waals surface area contributed by atoms with Gasteiger partial charge in [0.2, 0.25) is 5.91 Å². The number of carbonyl (C=O) groups is 2. The van der Waals surface area contributed by atoms with Crippen LogP contribution in [0, 0.1) is 0 Å². The molecule has 108 valence electrons. The van der Waals surface area contributed by atoms with E-state index in [1.807, 2.05) is 4.90 Å². The normalized spacial score (nSPS) is 28.6. The second kappa shape index (κ2) is 6.34. The summed E-state index contributed by atoms with van der Waals surface area (Å²) in [6, 6.07) is -0.581. The first-order chi connectivity index (χ1) is 9.09. The second-order valence-electron chi connectivity index (χ2n) is 5.33. The molecule has 19 heavy (non-hydrogen) atoms. The third kappa shape index (κ3) is 3.45. The molecule has 6 nitrogen and oxygen atoms in total. The number of ether oxygens (including phenoxy) is 1. The van der Waals surface area contributed by atoms with Crippen LogP contribution in [0.4, 0.5) is 0 Å². The number of nitrogens with zero attached hydrogens (tertiary/aromatic N) is 1. The number of carboxylic acid groups (broad SMARTS) is 1. The zero-order valence-corrected chi connectivity index (χ0v) is 11.1. The number of rotatable bonds is 4. The number of morpholine rings is 1. The van der Waals surface area contributed by atoms with Crippen molar-refractivity contribution in [2.45, 2.75) is 56.7 Å². The lowest BCUT2D eigenvalue weighted by Gasteiger charge is -2.44. The number of fused-ring (bicyclic) bond motifs is 1. The molecule has 3 atom stereocenters. The minimum atomic E-state index is -0.916. The van der Waals surface area contributed by atoms with Crippen molar-refractivity contribution < 1.29 is 19.4 Å². The van der Waals surface area contributed by atoms with Gasteiger partial charge in [-0.05, 0) is 19.3 Å². The maximum Gasteiger partial charge on any atom is 0.303 e. The molecule has 0 bridgehead atoms. The second-order valence-corrected chi connectivity index (χ2v) is 5.33. The van der Waals surface area contributed by atoms with Gasteiger partial charge in [0, 0.05) is 13.0 Å². The van der Waals surface area contributed by atoms with E-state index in [2.05, 4.69) is 0 Å². The standard InChI is InChI=1S/C13H22N2O4/c14-9(5-6-12(16)17)13(18)15-7-8-19-11-4-2-1-3-10(11)15/h9-11H,1-8,14H2,(H,16,17). The third-order valence-corrected chi connectivity index (χ3v) is 4.00. The molecule has 1 saturated carbocycles. The number of nitrogens with two attached hydrogens (primary N) is 1. The molecule has 1 saturated heterocycles. The molecule has 1 amide bonds. The fourth-order valence-electron chi connectivity index (χ4n) is 2.99. The van der Waals surface area contributed by atoms with Crippen LogP contribution in [-0.4, -0.2) is 53.2 Å². The van der Waals surface area contributed by atoms with Crippen LogP contribution in [0.25, 0.3) is 0 Å². The fraction of sp³-hybridized carbons (Fsp3) is 0.846. The molecule has 6 heteroatoms. The maximum absolute atomic E-state index is 12.3. The van der Waals surface area contributed by atoms with Gasteiger partial charge in [-0.25, -0.2) is 0 Å². The van der Waals surface area contributed by atoms with E-state index in [1.165, 1.54) is 0 Å². The lowest BCUT2D eigenvalue weighted by molar-refractivity contribution is -0.151. The summed E-state index contributed by atoms with van der Waals surface area (Å²) >= 11 is 0. The highest BCUT2D eigenvalue weighted by Gasteiger charge is 2.37. The predicted molar refractivity (Wildman–Crippen MR) is 68.6 cm³/mol. The van der Waals surface area contributed by atoms with Gasteiger partial charge < -0.3 is 20.5 Å². The minimum Gasteiger partial charge on any atom is -0.481 e. The Hall–Kier alpha value is -1.14. The highest BCUT2D eigenvalue weighted by Crippen LogP contribution is 2.28. The van der Waals surface area contributed by atoms with Crippen molar-refractivity contribution in [3.63, 3.8) is 0 Å². The SMILES string of the molecule is NC(CCC(=O)O)C(=O)N1CCOC2CCCCC21. The lowest BCUT2D eigenvalue weighted by atomic mass is 9.89. The van der Waals surface area contributed by atoms with Crippen molar-refractivity contribution in [3.8, 4) is 0 Å². The van der Waals surface area contributed by atoms with Crippen molar-refractivity contribution in [2.24, 2.45) is 5.73 Å². The Balaban J connectivity index is 1.94. The van der Waals surface area contributed by atoms with Gasteiger partial charge in [-0.15, -0.1) is 0 Å². The number of aliphatic carboxylic acids is 1. The summed E-state index contributed by atoms with van der Waals surface area (Å²) in [5.74, 6) is -1.04. The van der Waals surface area contributed by atoms with E-state index in [0.29, 0.717) is 13.2 Å². The van der Waals surface area contributed by atoms with Crippen molar-refractivity contribution in [3.05, 3.63) is 0 Å². The summed E-state index contributed by atoms with van der Waals surface area (Å²) in [5, 5.41) is 8.64. The number of hydrogen-bond acceptors (Lipinski definition) is 4. The van der Waals surface area contributed by atoms with Crippen LogP contribution in [0.2, 0.25) is 0 Å². The Morgan fingerprint density at radius 3 is 2.84 bits per heavy atom. The summed E-state index contributed by atoms with van der Waals surface area (Å²) in [5.41, 5.74) is 5.82. The molecule has 0 spiro atoms. The van der Waals surface area contributed by atoms with Gasteiger partial charge in [-0.1, -0.05) is 12.8 Å². The first-order valence-electron chi connectivity index (χ1n) is 6.99. The van der Waals surface area contributed by atoms with Gasteiger partial charge in [-0.3, -0.25) is 9.59 Å². The molecule has 0 radical (unpaired) electrons. The van der Waals surface area contributed by atoms with Gasteiger partial charge in [0.1, 0.15) is 0 Å². The average molecular weight is 270 g/mol. The first kappa shape index (κ1) is 14.3. The first-order valence-corrected chi connectivity index (χ1v) is 6.99. The summed E-state index contributed by atoms with van der Waals surface area (Å²) < 4.78 is 5.71. The Labute approximate surface area is 112 Å². The molecule has 2 fully saturated rings. The number of amides is 1. The number of carboxylic acids is 1. The molecule has 0 aromatic heterocycles. The molecule has 3 N–H and O–H groups in total. The molecular weight excluding hydrogens is 248 g/mol. The van der Waals surface area contributed by atoms with Crippen molar-refractivity contribution in [1.82, 2.24) is 4.90 Å². The summed E-state index contributed by atoms with van der Waals surface area (Å²) in [6.07, 6.45) is 4.49. The average Bonchev–Trinajstić information content (AvgIpc) is 2.43. The maximum atomic E-state index is 12.3. The fourth-order valence-corrected chi connectivity index (χ4v) is 2.99. The van der Waals surface area contributed by atoms with Crippen molar-refractivity contribution in [1.29, 1.82) is 0 Å². The summed E-state index contributed by atoms with van der Waals surface area (Å²) in [6.45, 7) is 1.12. The Morgan fingerprint density at radius 2 is 2.11 bits per heavy atom. The molecule has 1 heterocycles. The molecular formula is C13H22N2O4. The van der Waals surface area contributed by atoms with Crippen molar-refractivity contribution >= 4 is 11.9 Å². The van der Waals surface area contributed by atoms with E-state index >= 15 is 0 Å². The van der Waals surface area contributed by atoms with Crippen LogP contribution in [0.5, 0.6) is 0 Å². The molecule has 1 aliphatic carbocycles. The molecule has 0 aromatic carbocycles. The molecule has 2 aliphatic rings. The van der Waals surface area contributed by atoms with Crippen LogP contribution in [0.1, 0.15) is 38.5 Å². The topological polar surface area (TPSA) is 92.9 Å². The summed E-state index contributed by atoms with van der Waals surface area (Å²) in [7, 11) is 0. The number of carbonyl (C=O) groups excluding carboxylic acids is 1. The van der Waals surface area contributed by atoms with Gasteiger partial charge in [0.05, 0.1) is 24.8 Å². The molecule has 2 rings (SSSR count). The zero-order valence-electron chi connectivity index (χ0n) is 11.1. The Bertz CT molecular complexity index is 346. The highest BCUT2D eigenvalue weighted by atomic mass is 16.5. The largest absolute Gasteiger partial charge is 0.481 e. The van der Waals surface area contributed by atoms with Crippen LogP contribution >= 0.6 is 0 Å². The number of hydrogen-bond donors (Lipinski definition) is 2. The third-order valence-electron chi connectivity index (χ3n) is 4.00. The molecule has 1 aliphatic heterocycles. The van der Waals surface area contributed by atoms with E-state index in [1.54, 1.807) is 0 Å². The predicted octanol–water partition coefficient (Wildman–Crippen LogP) is 0.349. The monoisotopic (exact) mass is 270 g/mol. The quantitative estimate of drug-likeness (QED) is 0.769. The minimum absolute atomic E-state index is 0.0641. The van der Waals surface area contributed by atoms with E-state index in [4.69, 9.17) is 15.6 Å². The smallest absolute Gasteiger partial charge is 0.303 e. The van der Waals surface area contributed by atoms with Gasteiger partial charge in [-0.2, -0.15) is 0 Å². The van der Waals surface area contributed by atoms with Crippen LogP contribution in [0.15, 0.2) is 0 Å². The Morgan fingerprint density at radius 1 is 1.37 bits per heavy atom.